The largest absolute Gasteiger partial charge is 0.494 e. The summed E-state index contributed by atoms with van der Waals surface area (Å²) >= 11 is 0. The zero-order chi connectivity index (χ0) is 31.2. The van der Waals surface area contributed by atoms with Gasteiger partial charge >= 0.3 is 6.18 Å². The predicted molar refractivity (Wildman–Crippen MR) is 143 cm³/mol. The normalized spacial score (nSPS) is 17.6. The second-order valence-electron chi connectivity index (χ2n) is 9.90. The van der Waals surface area contributed by atoms with Gasteiger partial charge in [-0.1, -0.05) is 6.07 Å². The van der Waals surface area contributed by atoms with E-state index in [4.69, 9.17) is 15.2 Å². The summed E-state index contributed by atoms with van der Waals surface area (Å²) in [6.07, 6.45) is -3.95. The third-order valence-corrected chi connectivity index (χ3v) is 7.32. The molecule has 2 aromatic carbocycles. The molecule has 4 N–H and O–H groups in total. The quantitative estimate of drug-likeness (QED) is 0.262. The lowest BCUT2D eigenvalue weighted by Crippen LogP contribution is -2.52. The fraction of sp³-hybridized carbons (Fsp3) is 0.241. The number of nitrogens with zero attached hydrogens (tertiary/aromatic N) is 2. The maximum absolute atomic E-state index is 14.6. The number of benzene rings is 2. The average molecular weight is 603 g/mol. The van der Waals surface area contributed by atoms with Crippen LogP contribution in [0, 0.1) is 5.82 Å². The number of pyridine rings is 2. The standard InChI is InChI=1S/C29H23F5N4O5/c1-42-20-10-17(9-16-3-2-8-36-22(16)20)25(39)37-13-28(41,29(32,33)34)21-11-19-24(43-14-27(19,12-30)26(35)40)23(38-21)15-4-6-18(31)7-5-15/h2-11,41H,12-14H2,1H3,(H2,35,40)(H,37,39)/t27-,28?/m0/s1. The van der Waals surface area contributed by atoms with E-state index in [0.717, 1.165) is 12.1 Å². The number of halogens is 5. The van der Waals surface area contributed by atoms with Gasteiger partial charge in [0.2, 0.25) is 11.5 Å². The monoisotopic (exact) mass is 602 g/mol. The number of hydrogen-bond donors (Lipinski definition) is 3. The van der Waals surface area contributed by atoms with Gasteiger partial charge < -0.3 is 25.6 Å². The zero-order valence-electron chi connectivity index (χ0n) is 22.3. The van der Waals surface area contributed by atoms with Crippen molar-refractivity contribution in [2.24, 2.45) is 5.73 Å². The Morgan fingerprint density at radius 2 is 1.88 bits per heavy atom. The van der Waals surface area contributed by atoms with Crippen LogP contribution in [0.15, 0.2) is 60.8 Å². The molecule has 9 nitrogen and oxygen atoms in total. The predicted octanol–water partition coefficient (Wildman–Crippen LogP) is 3.71. The second-order valence-corrected chi connectivity index (χ2v) is 9.90. The highest BCUT2D eigenvalue weighted by atomic mass is 19.4. The minimum atomic E-state index is -5.45. The van der Waals surface area contributed by atoms with E-state index in [2.05, 4.69) is 15.3 Å². The smallest absolute Gasteiger partial charge is 0.424 e. The fourth-order valence-electron chi connectivity index (χ4n) is 4.80. The van der Waals surface area contributed by atoms with E-state index in [1.165, 1.54) is 37.6 Å². The van der Waals surface area contributed by atoms with Crippen LogP contribution in [-0.4, -0.2) is 60.0 Å². The molecule has 43 heavy (non-hydrogen) atoms. The molecule has 1 aliphatic heterocycles. The number of amides is 2. The van der Waals surface area contributed by atoms with Crippen LogP contribution in [0.2, 0.25) is 0 Å². The van der Waals surface area contributed by atoms with Gasteiger partial charge in [0.25, 0.3) is 5.91 Å². The molecule has 3 heterocycles. The van der Waals surface area contributed by atoms with E-state index in [1.54, 1.807) is 12.1 Å². The van der Waals surface area contributed by atoms with E-state index in [0.29, 0.717) is 17.0 Å². The highest BCUT2D eigenvalue weighted by Crippen LogP contribution is 2.48. The minimum Gasteiger partial charge on any atom is -0.494 e. The molecule has 1 unspecified atom stereocenters. The summed E-state index contributed by atoms with van der Waals surface area (Å²) in [5.41, 5.74) is -2.01. The van der Waals surface area contributed by atoms with E-state index < -0.39 is 60.3 Å². The molecule has 0 fully saturated rings. The van der Waals surface area contributed by atoms with Crippen LogP contribution in [0.1, 0.15) is 21.6 Å². The highest BCUT2D eigenvalue weighted by molar-refractivity contribution is 6.00. The second kappa shape index (κ2) is 10.8. The first-order valence-electron chi connectivity index (χ1n) is 12.7. The molecule has 4 aromatic rings. The summed E-state index contributed by atoms with van der Waals surface area (Å²) in [5, 5.41) is 13.7. The lowest BCUT2D eigenvalue weighted by molar-refractivity contribution is -0.265. The Kier molecular flexibility index (Phi) is 7.42. The van der Waals surface area contributed by atoms with Crippen molar-refractivity contribution in [1.29, 1.82) is 0 Å². The third-order valence-electron chi connectivity index (χ3n) is 7.32. The first-order valence-corrected chi connectivity index (χ1v) is 12.7. The van der Waals surface area contributed by atoms with Crippen molar-refractivity contribution in [1.82, 2.24) is 15.3 Å². The number of primary amides is 1. The molecular weight excluding hydrogens is 579 g/mol. The number of nitrogens with one attached hydrogen (secondary N) is 1. The maximum Gasteiger partial charge on any atom is 0.424 e. The van der Waals surface area contributed by atoms with Gasteiger partial charge in [-0.25, -0.2) is 13.8 Å². The van der Waals surface area contributed by atoms with Gasteiger partial charge in [-0.2, -0.15) is 13.2 Å². The van der Waals surface area contributed by atoms with Crippen molar-refractivity contribution in [3.8, 4) is 22.8 Å². The van der Waals surface area contributed by atoms with Crippen LogP contribution in [0.25, 0.3) is 22.2 Å². The van der Waals surface area contributed by atoms with Crippen LogP contribution in [0.4, 0.5) is 22.0 Å². The number of nitrogens with two attached hydrogens (primary N) is 1. The molecule has 0 radical (unpaired) electrons. The van der Waals surface area contributed by atoms with Crippen molar-refractivity contribution in [2.45, 2.75) is 17.2 Å². The van der Waals surface area contributed by atoms with Crippen molar-refractivity contribution >= 4 is 22.7 Å². The van der Waals surface area contributed by atoms with Crippen molar-refractivity contribution < 1.29 is 46.1 Å². The molecule has 0 saturated carbocycles. The van der Waals surface area contributed by atoms with Crippen LogP contribution >= 0.6 is 0 Å². The minimum absolute atomic E-state index is 0.0454. The number of ether oxygens (including phenoxy) is 2. The van der Waals surface area contributed by atoms with E-state index in [-0.39, 0.29) is 33.9 Å². The zero-order valence-corrected chi connectivity index (χ0v) is 22.3. The number of aromatic nitrogens is 2. The summed E-state index contributed by atoms with van der Waals surface area (Å²) in [4.78, 5) is 33.6. The highest BCUT2D eigenvalue weighted by Gasteiger charge is 2.58. The summed E-state index contributed by atoms with van der Waals surface area (Å²) in [6, 6.07) is 10.9. The lowest BCUT2D eigenvalue weighted by atomic mass is 9.81. The molecule has 2 aromatic heterocycles. The fourth-order valence-corrected chi connectivity index (χ4v) is 4.80. The number of fused-ring (bicyclic) bond motifs is 2. The number of carbonyl (C=O) groups excluding carboxylic acids is 2. The van der Waals surface area contributed by atoms with Gasteiger partial charge in [-0.15, -0.1) is 0 Å². The van der Waals surface area contributed by atoms with Gasteiger partial charge in [0, 0.05) is 28.3 Å². The molecule has 0 spiro atoms. The average Bonchev–Trinajstić information content (AvgIpc) is 3.38. The number of hydrogen-bond acceptors (Lipinski definition) is 7. The molecule has 2 atom stereocenters. The summed E-state index contributed by atoms with van der Waals surface area (Å²) in [5.74, 6) is -2.95. The van der Waals surface area contributed by atoms with Crippen LogP contribution in [0.3, 0.4) is 0 Å². The Balaban J connectivity index is 1.61. The number of carbonyl (C=O) groups is 2. The SMILES string of the molecule is COc1cc(C(=O)NCC(O)(c2cc3c(c(-c4ccc(F)cc4)n2)OC[C@]3(CF)C(N)=O)C(F)(F)F)cc2cccnc12. The first kappa shape index (κ1) is 29.6. The Bertz CT molecular complexity index is 1730. The third kappa shape index (κ3) is 4.96. The van der Waals surface area contributed by atoms with Crippen molar-refractivity contribution in [3.63, 3.8) is 0 Å². The molecule has 0 bridgehead atoms. The van der Waals surface area contributed by atoms with E-state index >= 15 is 0 Å². The Morgan fingerprint density at radius 1 is 1.16 bits per heavy atom. The molecule has 5 rings (SSSR count). The van der Waals surface area contributed by atoms with Gasteiger partial charge in [0.05, 0.1) is 19.3 Å². The number of aliphatic hydroxyl groups is 1. The van der Waals surface area contributed by atoms with Crippen LogP contribution in [0.5, 0.6) is 11.5 Å². The van der Waals surface area contributed by atoms with Crippen LogP contribution < -0.4 is 20.5 Å². The van der Waals surface area contributed by atoms with Gasteiger partial charge in [-0.05, 0) is 48.5 Å². The molecular formula is C29H23F5N4O5. The Labute approximate surface area is 240 Å². The molecule has 0 saturated heterocycles. The molecule has 1 aliphatic rings. The van der Waals surface area contributed by atoms with Gasteiger partial charge in [-0.3, -0.25) is 14.6 Å². The van der Waals surface area contributed by atoms with E-state index in [1.807, 2.05) is 0 Å². The summed E-state index contributed by atoms with van der Waals surface area (Å²) < 4.78 is 82.6. The lowest BCUT2D eigenvalue weighted by Gasteiger charge is -2.31. The number of methoxy groups -OCH3 is 1. The molecule has 224 valence electrons. The van der Waals surface area contributed by atoms with Crippen molar-refractivity contribution in [3.05, 3.63) is 83.4 Å². The first-order chi connectivity index (χ1) is 20.3. The van der Waals surface area contributed by atoms with Crippen LogP contribution in [-0.2, 0) is 15.8 Å². The van der Waals surface area contributed by atoms with Gasteiger partial charge in [0.1, 0.15) is 47.2 Å². The summed E-state index contributed by atoms with van der Waals surface area (Å²) in [6.45, 7) is -3.51. The molecule has 14 heteroatoms. The maximum atomic E-state index is 14.6. The van der Waals surface area contributed by atoms with E-state index in [9.17, 15) is 36.6 Å². The topological polar surface area (TPSA) is 137 Å². The number of rotatable bonds is 8. The van der Waals surface area contributed by atoms with Crippen molar-refractivity contribution in [2.75, 3.05) is 26.9 Å². The molecule has 0 aliphatic carbocycles. The number of alkyl halides is 4. The Hall–Kier alpha value is -4.85. The summed E-state index contributed by atoms with van der Waals surface area (Å²) in [7, 11) is 1.33. The van der Waals surface area contributed by atoms with Gasteiger partial charge in [0.15, 0.2) is 0 Å². The Morgan fingerprint density at radius 3 is 2.51 bits per heavy atom. The molecule has 2 amide bonds.